The number of alkyl halides is 3. The fourth-order valence-electron chi connectivity index (χ4n) is 4.04. The van der Waals surface area contributed by atoms with Crippen LogP contribution in [-0.4, -0.2) is 36.1 Å². The first-order valence-electron chi connectivity index (χ1n) is 10.0. The minimum absolute atomic E-state index is 0.297. The van der Waals surface area contributed by atoms with E-state index in [-0.39, 0.29) is 0 Å². The molecule has 2 atom stereocenters. The predicted molar refractivity (Wildman–Crippen MR) is 105 cm³/mol. The Balaban J connectivity index is 1.68. The summed E-state index contributed by atoms with van der Waals surface area (Å²) in [6, 6.07) is 7.07. The van der Waals surface area contributed by atoms with Crippen LogP contribution in [0.1, 0.15) is 48.9 Å². The van der Waals surface area contributed by atoms with Crippen LogP contribution in [0.25, 0.3) is 0 Å². The molecule has 0 aliphatic carbocycles. The van der Waals surface area contributed by atoms with Crippen LogP contribution in [0.2, 0.25) is 0 Å². The number of aromatic nitrogens is 1. The molecule has 1 aromatic carbocycles. The molecular formula is C22H29F3N2O. The highest BCUT2D eigenvalue weighted by Crippen LogP contribution is 2.35. The Hall–Kier alpha value is -1.95. The van der Waals surface area contributed by atoms with Crippen LogP contribution in [0.15, 0.2) is 36.5 Å². The maximum Gasteiger partial charge on any atom is 0.416 e. The van der Waals surface area contributed by atoms with E-state index in [1.807, 2.05) is 6.20 Å². The number of benzene rings is 1. The van der Waals surface area contributed by atoms with Crippen LogP contribution < -0.4 is 4.74 Å². The lowest BCUT2D eigenvalue weighted by atomic mass is 9.82. The van der Waals surface area contributed by atoms with E-state index in [9.17, 15) is 13.2 Å². The van der Waals surface area contributed by atoms with Crippen molar-refractivity contribution in [2.24, 2.45) is 5.92 Å². The third kappa shape index (κ3) is 5.10. The number of nitrogens with one attached hydrogen (secondary N) is 1. The lowest BCUT2D eigenvalue weighted by Gasteiger charge is -2.38. The monoisotopic (exact) mass is 394 g/mol. The molecule has 1 aliphatic heterocycles. The maximum absolute atomic E-state index is 12.7. The number of aryl methyl sites for hydroxylation is 1. The van der Waals surface area contributed by atoms with Crippen molar-refractivity contribution in [2.75, 3.05) is 26.2 Å². The first-order chi connectivity index (χ1) is 13.4. The molecule has 154 valence electrons. The SMILES string of the molecule is CCCCN1CCC(c2[nH]ccc2C)C(COc2ccc(C(F)(F)F)cc2)C1. The van der Waals surface area contributed by atoms with Crippen LogP contribution in [0.4, 0.5) is 13.2 Å². The molecule has 1 fully saturated rings. The lowest BCUT2D eigenvalue weighted by Crippen LogP contribution is -2.42. The summed E-state index contributed by atoms with van der Waals surface area (Å²) in [5.41, 5.74) is 1.87. The Labute approximate surface area is 164 Å². The Morgan fingerprint density at radius 1 is 1.18 bits per heavy atom. The van der Waals surface area contributed by atoms with Crippen LogP contribution in [0.5, 0.6) is 5.75 Å². The second-order valence-electron chi connectivity index (χ2n) is 7.72. The summed E-state index contributed by atoms with van der Waals surface area (Å²) < 4.78 is 44.1. The molecule has 0 spiro atoms. The highest BCUT2D eigenvalue weighted by Gasteiger charge is 2.33. The van der Waals surface area contributed by atoms with Gasteiger partial charge in [0.25, 0.3) is 0 Å². The summed E-state index contributed by atoms with van der Waals surface area (Å²) in [5, 5.41) is 0. The third-order valence-corrected chi connectivity index (χ3v) is 5.66. The highest BCUT2D eigenvalue weighted by atomic mass is 19.4. The summed E-state index contributed by atoms with van der Waals surface area (Å²) in [6.07, 6.45) is 1.06. The fraction of sp³-hybridized carbons (Fsp3) is 0.545. The van der Waals surface area contributed by atoms with Gasteiger partial charge in [-0.05, 0) is 68.8 Å². The van der Waals surface area contributed by atoms with Crippen molar-refractivity contribution >= 4 is 0 Å². The number of piperidine rings is 1. The minimum Gasteiger partial charge on any atom is -0.493 e. The largest absolute Gasteiger partial charge is 0.493 e. The average molecular weight is 394 g/mol. The molecule has 1 aliphatic rings. The van der Waals surface area contributed by atoms with Gasteiger partial charge in [-0.1, -0.05) is 13.3 Å². The summed E-state index contributed by atoms with van der Waals surface area (Å²) in [4.78, 5) is 5.87. The summed E-state index contributed by atoms with van der Waals surface area (Å²) >= 11 is 0. The molecule has 0 amide bonds. The number of unbranched alkanes of at least 4 members (excludes halogenated alkanes) is 1. The molecule has 2 aromatic rings. The van der Waals surface area contributed by atoms with Crippen molar-refractivity contribution in [2.45, 2.75) is 45.2 Å². The zero-order valence-electron chi connectivity index (χ0n) is 16.6. The van der Waals surface area contributed by atoms with Gasteiger partial charge < -0.3 is 14.6 Å². The molecule has 1 saturated heterocycles. The number of likely N-dealkylation sites (tertiary alicyclic amines) is 1. The zero-order valence-corrected chi connectivity index (χ0v) is 16.6. The third-order valence-electron chi connectivity index (χ3n) is 5.66. The standard InChI is InChI=1S/C22H29F3N2O/c1-3-4-12-27-13-10-20(21-16(2)9-11-26-21)17(14-27)15-28-19-7-5-18(6-8-19)22(23,24)25/h5-9,11,17,20,26H,3-4,10,12-15H2,1-2H3. The quantitative estimate of drug-likeness (QED) is 0.660. The van der Waals surface area contributed by atoms with Gasteiger partial charge in [-0.15, -0.1) is 0 Å². The topological polar surface area (TPSA) is 28.3 Å². The van der Waals surface area contributed by atoms with E-state index in [0.29, 0.717) is 24.2 Å². The number of halogens is 3. The second-order valence-corrected chi connectivity index (χ2v) is 7.72. The molecule has 2 unspecified atom stereocenters. The van der Waals surface area contributed by atoms with Crippen molar-refractivity contribution in [1.29, 1.82) is 0 Å². The Morgan fingerprint density at radius 2 is 1.93 bits per heavy atom. The van der Waals surface area contributed by atoms with E-state index in [2.05, 4.69) is 29.8 Å². The molecule has 28 heavy (non-hydrogen) atoms. The molecule has 0 radical (unpaired) electrons. The van der Waals surface area contributed by atoms with E-state index in [1.165, 1.54) is 36.2 Å². The molecule has 1 N–H and O–H groups in total. The zero-order chi connectivity index (χ0) is 20.1. The van der Waals surface area contributed by atoms with E-state index in [0.717, 1.165) is 38.2 Å². The highest BCUT2D eigenvalue weighted by molar-refractivity contribution is 5.29. The Kier molecular flexibility index (Phi) is 6.70. The fourth-order valence-corrected chi connectivity index (χ4v) is 4.04. The van der Waals surface area contributed by atoms with Crippen molar-refractivity contribution in [3.8, 4) is 5.75 Å². The normalized spacial score (nSPS) is 21.0. The molecule has 2 heterocycles. The lowest BCUT2D eigenvalue weighted by molar-refractivity contribution is -0.137. The number of rotatable bonds is 7. The van der Waals surface area contributed by atoms with Gasteiger partial charge in [0.05, 0.1) is 12.2 Å². The number of hydrogen-bond acceptors (Lipinski definition) is 2. The van der Waals surface area contributed by atoms with Crippen LogP contribution in [0, 0.1) is 12.8 Å². The van der Waals surface area contributed by atoms with Crippen molar-refractivity contribution < 1.29 is 17.9 Å². The summed E-state index contributed by atoms with van der Waals surface area (Å²) in [6.45, 7) is 7.91. The van der Waals surface area contributed by atoms with Gasteiger partial charge in [0.2, 0.25) is 0 Å². The van der Waals surface area contributed by atoms with E-state index in [4.69, 9.17) is 4.74 Å². The molecule has 3 nitrogen and oxygen atoms in total. The minimum atomic E-state index is -4.32. The van der Waals surface area contributed by atoms with Crippen molar-refractivity contribution in [1.82, 2.24) is 9.88 Å². The van der Waals surface area contributed by atoms with Crippen LogP contribution >= 0.6 is 0 Å². The maximum atomic E-state index is 12.7. The van der Waals surface area contributed by atoms with E-state index in [1.54, 1.807) is 0 Å². The van der Waals surface area contributed by atoms with Gasteiger partial charge in [0.1, 0.15) is 5.75 Å². The molecular weight excluding hydrogens is 365 g/mol. The Morgan fingerprint density at radius 3 is 2.54 bits per heavy atom. The molecule has 3 rings (SSSR count). The summed E-state index contributed by atoms with van der Waals surface area (Å²) in [5.74, 6) is 1.16. The molecule has 6 heteroatoms. The predicted octanol–water partition coefficient (Wildman–Crippen LogP) is 5.63. The van der Waals surface area contributed by atoms with Crippen LogP contribution in [0.3, 0.4) is 0 Å². The molecule has 0 saturated carbocycles. The summed E-state index contributed by atoms with van der Waals surface area (Å²) in [7, 11) is 0. The van der Waals surface area contributed by atoms with Gasteiger partial charge >= 0.3 is 6.18 Å². The van der Waals surface area contributed by atoms with Crippen LogP contribution in [-0.2, 0) is 6.18 Å². The Bertz CT molecular complexity index is 739. The molecule has 0 bridgehead atoms. The number of H-pyrrole nitrogens is 1. The number of hydrogen-bond donors (Lipinski definition) is 1. The average Bonchev–Trinajstić information content (AvgIpc) is 3.10. The van der Waals surface area contributed by atoms with E-state index >= 15 is 0 Å². The number of nitrogens with zero attached hydrogens (tertiary/aromatic N) is 1. The van der Waals surface area contributed by atoms with Crippen molar-refractivity contribution in [3.05, 3.63) is 53.3 Å². The first kappa shape index (κ1) is 20.8. The number of ether oxygens (including phenoxy) is 1. The molecule has 1 aromatic heterocycles. The van der Waals surface area contributed by atoms with E-state index < -0.39 is 11.7 Å². The smallest absolute Gasteiger partial charge is 0.416 e. The van der Waals surface area contributed by atoms with Gasteiger partial charge in [-0.2, -0.15) is 13.2 Å². The van der Waals surface area contributed by atoms with Gasteiger partial charge in [0, 0.05) is 30.3 Å². The van der Waals surface area contributed by atoms with Gasteiger partial charge in [-0.3, -0.25) is 0 Å². The van der Waals surface area contributed by atoms with Gasteiger partial charge in [-0.25, -0.2) is 0 Å². The number of aromatic amines is 1. The second kappa shape index (κ2) is 9.03. The first-order valence-corrected chi connectivity index (χ1v) is 10.0. The van der Waals surface area contributed by atoms with Gasteiger partial charge in [0.15, 0.2) is 0 Å². The van der Waals surface area contributed by atoms with Crippen molar-refractivity contribution in [3.63, 3.8) is 0 Å².